The van der Waals surface area contributed by atoms with Crippen molar-refractivity contribution >= 4 is 54.4 Å². The summed E-state index contributed by atoms with van der Waals surface area (Å²) in [5.74, 6) is 0. The van der Waals surface area contributed by atoms with Crippen molar-refractivity contribution in [1.82, 2.24) is 9.13 Å². The van der Waals surface area contributed by atoms with Crippen LogP contribution < -0.4 is 0 Å². The van der Waals surface area contributed by atoms with Gasteiger partial charge < -0.3 is 9.13 Å². The fourth-order valence-corrected chi connectivity index (χ4v) is 7.78. The Labute approximate surface area is 278 Å². The van der Waals surface area contributed by atoms with E-state index in [2.05, 4.69) is 191 Å². The van der Waals surface area contributed by atoms with Crippen molar-refractivity contribution in [3.63, 3.8) is 0 Å². The van der Waals surface area contributed by atoms with E-state index < -0.39 is 0 Å². The Morgan fingerprint density at radius 2 is 0.812 bits per heavy atom. The van der Waals surface area contributed by atoms with E-state index in [1.165, 1.54) is 88.0 Å². The number of benzene rings is 8. The van der Waals surface area contributed by atoms with Crippen LogP contribution in [0.15, 0.2) is 182 Å². The normalized spacial score (nSPS) is 11.8. The van der Waals surface area contributed by atoms with E-state index in [1.807, 2.05) is 0 Å². The first-order valence-corrected chi connectivity index (χ1v) is 16.5. The second-order valence-corrected chi connectivity index (χ2v) is 12.5. The zero-order valence-electron chi connectivity index (χ0n) is 26.2. The molecule has 2 aromatic heterocycles. The fourth-order valence-electron chi connectivity index (χ4n) is 7.78. The Balaban J connectivity index is 1.28. The molecular formula is C46H30N2. The van der Waals surface area contributed by atoms with Crippen molar-refractivity contribution in [2.45, 2.75) is 0 Å². The first-order chi connectivity index (χ1) is 23.8. The second kappa shape index (κ2) is 10.6. The van der Waals surface area contributed by atoms with Crippen LogP contribution in [-0.2, 0) is 0 Å². The molecule has 2 heterocycles. The quantitative estimate of drug-likeness (QED) is 0.188. The molecule has 0 spiro atoms. The van der Waals surface area contributed by atoms with Gasteiger partial charge in [-0.3, -0.25) is 0 Å². The number of para-hydroxylation sites is 4. The predicted molar refractivity (Wildman–Crippen MR) is 203 cm³/mol. The number of nitrogens with zero attached hydrogens (tertiary/aromatic N) is 2. The van der Waals surface area contributed by atoms with Crippen molar-refractivity contribution in [2.24, 2.45) is 0 Å². The highest BCUT2D eigenvalue weighted by molar-refractivity contribution is 6.12. The zero-order valence-corrected chi connectivity index (χ0v) is 26.2. The van der Waals surface area contributed by atoms with Crippen molar-refractivity contribution in [3.8, 4) is 33.6 Å². The molecule has 10 aromatic rings. The van der Waals surface area contributed by atoms with Crippen LogP contribution in [0, 0.1) is 0 Å². The van der Waals surface area contributed by atoms with Crippen LogP contribution in [0.2, 0.25) is 0 Å². The van der Waals surface area contributed by atoms with Crippen molar-refractivity contribution in [2.75, 3.05) is 0 Å². The third-order valence-corrected chi connectivity index (χ3v) is 9.92. The number of hydrogen-bond donors (Lipinski definition) is 0. The SMILES string of the molecule is c1ccc(-n2c3ccccc3c3cc(-c4ccc(-c5cccc6ccccc56)cc4-n4c5ccccc5c5ccccc54)ccc32)cc1. The maximum atomic E-state index is 2.46. The van der Waals surface area contributed by atoms with Crippen LogP contribution in [0.25, 0.3) is 88.0 Å². The van der Waals surface area contributed by atoms with E-state index in [1.54, 1.807) is 0 Å². The smallest absolute Gasteiger partial charge is 0.0546 e. The Morgan fingerprint density at radius 3 is 1.54 bits per heavy atom. The van der Waals surface area contributed by atoms with Gasteiger partial charge in [-0.25, -0.2) is 0 Å². The molecule has 8 aromatic carbocycles. The van der Waals surface area contributed by atoms with Crippen LogP contribution in [0.4, 0.5) is 0 Å². The Kier molecular flexibility index (Phi) is 5.91. The topological polar surface area (TPSA) is 9.86 Å². The molecule has 0 N–H and O–H groups in total. The Morgan fingerprint density at radius 1 is 0.292 bits per heavy atom. The lowest BCUT2D eigenvalue weighted by atomic mass is 9.94. The van der Waals surface area contributed by atoms with Crippen LogP contribution >= 0.6 is 0 Å². The van der Waals surface area contributed by atoms with E-state index in [9.17, 15) is 0 Å². The third kappa shape index (κ3) is 4.00. The van der Waals surface area contributed by atoms with Gasteiger partial charge in [0, 0.05) is 32.8 Å². The number of hydrogen-bond acceptors (Lipinski definition) is 0. The van der Waals surface area contributed by atoms with Gasteiger partial charge in [0.15, 0.2) is 0 Å². The molecule has 48 heavy (non-hydrogen) atoms. The van der Waals surface area contributed by atoms with E-state index in [0.29, 0.717) is 0 Å². The molecule has 0 unspecified atom stereocenters. The van der Waals surface area contributed by atoms with Gasteiger partial charge in [0.05, 0.1) is 27.8 Å². The molecule has 0 fully saturated rings. The first-order valence-electron chi connectivity index (χ1n) is 16.5. The molecule has 2 nitrogen and oxygen atoms in total. The number of aromatic nitrogens is 2. The molecule has 0 radical (unpaired) electrons. The number of rotatable bonds is 4. The van der Waals surface area contributed by atoms with Crippen LogP contribution in [0.5, 0.6) is 0 Å². The lowest BCUT2D eigenvalue weighted by Crippen LogP contribution is -1.98. The monoisotopic (exact) mass is 610 g/mol. The van der Waals surface area contributed by atoms with E-state index >= 15 is 0 Å². The molecule has 0 saturated carbocycles. The average molecular weight is 611 g/mol. The highest BCUT2D eigenvalue weighted by Crippen LogP contribution is 2.41. The molecule has 0 aliphatic rings. The molecule has 0 aliphatic carbocycles. The Bertz CT molecular complexity index is 2780. The van der Waals surface area contributed by atoms with Crippen molar-refractivity contribution in [1.29, 1.82) is 0 Å². The standard InChI is InChI=1S/C46H30N2/c1-2-15-34(16-3-1)47-42-22-9-8-20-40(42)41-29-32(26-28-45(41)47)37-27-25-33(36-21-12-14-31-13-4-5-17-35(31)36)30-46(37)48-43-23-10-6-18-38(43)39-19-7-11-24-44(39)48/h1-30H. The molecule has 10 rings (SSSR count). The summed E-state index contributed by atoms with van der Waals surface area (Å²) in [7, 11) is 0. The average Bonchev–Trinajstić information content (AvgIpc) is 3.67. The summed E-state index contributed by atoms with van der Waals surface area (Å²) in [4.78, 5) is 0. The zero-order chi connectivity index (χ0) is 31.6. The highest BCUT2D eigenvalue weighted by Gasteiger charge is 2.19. The lowest BCUT2D eigenvalue weighted by Gasteiger charge is -2.17. The fraction of sp³-hybridized carbons (Fsp3) is 0. The van der Waals surface area contributed by atoms with Gasteiger partial charge in [-0.2, -0.15) is 0 Å². The molecule has 2 heteroatoms. The largest absolute Gasteiger partial charge is 0.309 e. The first kappa shape index (κ1) is 26.8. The van der Waals surface area contributed by atoms with Crippen molar-refractivity contribution < 1.29 is 0 Å². The maximum absolute atomic E-state index is 2.46. The molecule has 224 valence electrons. The summed E-state index contributed by atoms with van der Waals surface area (Å²) >= 11 is 0. The maximum Gasteiger partial charge on any atom is 0.0546 e. The second-order valence-electron chi connectivity index (χ2n) is 12.5. The molecule has 0 amide bonds. The minimum absolute atomic E-state index is 1.17. The van der Waals surface area contributed by atoms with E-state index in [4.69, 9.17) is 0 Å². The summed E-state index contributed by atoms with van der Waals surface area (Å²) in [5, 5.41) is 7.53. The van der Waals surface area contributed by atoms with Crippen LogP contribution in [0.3, 0.4) is 0 Å². The number of fused-ring (bicyclic) bond motifs is 7. The summed E-state index contributed by atoms with van der Waals surface area (Å²) in [5.41, 5.74) is 12.0. The van der Waals surface area contributed by atoms with Gasteiger partial charge in [-0.1, -0.05) is 133 Å². The van der Waals surface area contributed by atoms with Gasteiger partial charge in [0.25, 0.3) is 0 Å². The molecule has 0 atom stereocenters. The molecule has 0 aliphatic heterocycles. The summed E-state index contributed by atoms with van der Waals surface area (Å²) < 4.78 is 4.85. The Hall–Kier alpha value is -6.38. The van der Waals surface area contributed by atoms with Crippen LogP contribution in [0.1, 0.15) is 0 Å². The van der Waals surface area contributed by atoms with E-state index in [0.717, 1.165) is 0 Å². The van der Waals surface area contributed by atoms with E-state index in [-0.39, 0.29) is 0 Å². The predicted octanol–water partition coefficient (Wildman–Crippen LogP) is 12.4. The molecule has 0 bridgehead atoms. The van der Waals surface area contributed by atoms with Gasteiger partial charge >= 0.3 is 0 Å². The minimum atomic E-state index is 1.17. The summed E-state index contributed by atoms with van der Waals surface area (Å²) in [6.45, 7) is 0. The minimum Gasteiger partial charge on any atom is -0.309 e. The van der Waals surface area contributed by atoms with Gasteiger partial charge in [-0.05, 0) is 76.0 Å². The van der Waals surface area contributed by atoms with Crippen LogP contribution in [-0.4, -0.2) is 9.13 Å². The van der Waals surface area contributed by atoms with Crippen molar-refractivity contribution in [3.05, 3.63) is 182 Å². The summed E-state index contributed by atoms with van der Waals surface area (Å²) in [6.07, 6.45) is 0. The van der Waals surface area contributed by atoms with Gasteiger partial charge in [0.2, 0.25) is 0 Å². The highest BCUT2D eigenvalue weighted by atomic mass is 15.0. The van der Waals surface area contributed by atoms with Gasteiger partial charge in [-0.15, -0.1) is 0 Å². The molecular weight excluding hydrogens is 581 g/mol. The summed E-state index contributed by atoms with van der Waals surface area (Å²) in [6, 6.07) is 66.3. The molecule has 0 saturated heterocycles. The third-order valence-electron chi connectivity index (χ3n) is 9.92. The lowest BCUT2D eigenvalue weighted by molar-refractivity contribution is 1.18. The van der Waals surface area contributed by atoms with Gasteiger partial charge in [0.1, 0.15) is 0 Å².